The Labute approximate surface area is 171 Å². The van der Waals surface area contributed by atoms with E-state index in [1.54, 1.807) is 0 Å². The Kier molecular flexibility index (Phi) is 3.33. The fraction of sp³-hybridized carbons (Fsp3) is 0.458. The summed E-state index contributed by atoms with van der Waals surface area (Å²) < 4.78 is 8.50. The molecular weight excluding hydrogens is 360 g/mol. The van der Waals surface area contributed by atoms with E-state index in [9.17, 15) is 0 Å². The largest absolute Gasteiger partial charge is 0.487 e. The number of hydrogen-bond donors (Lipinski definition) is 0. The molecule has 0 unspecified atom stereocenters. The lowest BCUT2D eigenvalue weighted by molar-refractivity contribution is 0.0713. The molecule has 0 amide bonds. The molecule has 1 aromatic carbocycles. The monoisotopic (exact) mass is 388 g/mol. The van der Waals surface area contributed by atoms with Gasteiger partial charge in [0.05, 0.1) is 22.2 Å². The van der Waals surface area contributed by atoms with Gasteiger partial charge in [0.1, 0.15) is 22.8 Å². The average molecular weight is 389 g/mol. The number of ether oxygens (including phenoxy) is 1. The van der Waals surface area contributed by atoms with Crippen LogP contribution in [0.5, 0.6) is 5.75 Å². The van der Waals surface area contributed by atoms with Gasteiger partial charge in [-0.3, -0.25) is 9.38 Å². The molecule has 150 valence electrons. The fourth-order valence-corrected chi connectivity index (χ4v) is 4.42. The van der Waals surface area contributed by atoms with Crippen LogP contribution in [0.25, 0.3) is 27.6 Å². The van der Waals surface area contributed by atoms with E-state index < -0.39 is 0 Å². The number of rotatable bonds is 0. The Hall–Kier alpha value is -2.69. The predicted molar refractivity (Wildman–Crippen MR) is 117 cm³/mol. The third-order valence-corrected chi connectivity index (χ3v) is 6.77. The lowest BCUT2D eigenvalue weighted by Crippen LogP contribution is -2.41. The number of aromatic nitrogens is 4. The Morgan fingerprint density at radius 1 is 1.03 bits per heavy atom. The Morgan fingerprint density at radius 2 is 1.76 bits per heavy atom. The number of aryl methyl sites for hydroxylation is 1. The van der Waals surface area contributed by atoms with Gasteiger partial charge in [-0.15, -0.1) is 0 Å². The Balaban J connectivity index is 1.89. The van der Waals surface area contributed by atoms with Gasteiger partial charge in [0.2, 0.25) is 0 Å². The van der Waals surface area contributed by atoms with Gasteiger partial charge in [-0.25, -0.2) is 9.97 Å². The average Bonchev–Trinajstić information content (AvgIpc) is 3.05. The second-order valence-corrected chi connectivity index (χ2v) is 10.3. The van der Waals surface area contributed by atoms with Crippen LogP contribution in [-0.4, -0.2) is 25.0 Å². The molecule has 0 bridgehead atoms. The van der Waals surface area contributed by atoms with E-state index >= 15 is 0 Å². The highest BCUT2D eigenvalue weighted by atomic mass is 16.5. The van der Waals surface area contributed by atoms with E-state index in [0.29, 0.717) is 0 Å². The van der Waals surface area contributed by atoms with E-state index in [0.717, 1.165) is 44.9 Å². The first-order valence-corrected chi connectivity index (χ1v) is 10.2. The molecule has 5 nitrogen and oxygen atoms in total. The quantitative estimate of drug-likeness (QED) is 0.400. The van der Waals surface area contributed by atoms with Crippen molar-refractivity contribution in [1.82, 2.24) is 19.4 Å². The van der Waals surface area contributed by atoms with Crippen LogP contribution >= 0.6 is 0 Å². The van der Waals surface area contributed by atoms with E-state index in [1.165, 1.54) is 5.56 Å². The predicted octanol–water partition coefficient (Wildman–Crippen LogP) is 5.49. The van der Waals surface area contributed by atoms with Crippen LogP contribution in [0.2, 0.25) is 0 Å². The molecule has 0 radical (unpaired) electrons. The zero-order valence-electron chi connectivity index (χ0n) is 18.5. The summed E-state index contributed by atoms with van der Waals surface area (Å²) in [5.74, 6) is 1.85. The van der Waals surface area contributed by atoms with Crippen LogP contribution in [-0.2, 0) is 10.8 Å². The zero-order chi connectivity index (χ0) is 20.9. The molecule has 5 rings (SSSR count). The van der Waals surface area contributed by atoms with Crippen molar-refractivity contribution >= 4 is 27.6 Å². The molecule has 5 heteroatoms. The van der Waals surface area contributed by atoms with Crippen LogP contribution in [0, 0.1) is 6.92 Å². The van der Waals surface area contributed by atoms with Gasteiger partial charge in [0, 0.05) is 34.0 Å². The first-order valence-electron chi connectivity index (χ1n) is 10.2. The Bertz CT molecular complexity index is 1320. The van der Waals surface area contributed by atoms with Crippen molar-refractivity contribution in [3.8, 4) is 5.75 Å². The smallest absolute Gasteiger partial charge is 0.148 e. The van der Waals surface area contributed by atoms with Crippen LogP contribution < -0.4 is 4.74 Å². The molecule has 29 heavy (non-hydrogen) atoms. The van der Waals surface area contributed by atoms with Crippen molar-refractivity contribution in [2.24, 2.45) is 0 Å². The van der Waals surface area contributed by atoms with Crippen LogP contribution in [0.1, 0.15) is 65.5 Å². The van der Waals surface area contributed by atoms with Crippen molar-refractivity contribution in [1.29, 1.82) is 0 Å². The van der Waals surface area contributed by atoms with E-state index in [2.05, 4.69) is 70.0 Å². The molecule has 0 saturated heterocycles. The van der Waals surface area contributed by atoms with Gasteiger partial charge in [-0.2, -0.15) is 0 Å². The molecule has 0 N–H and O–H groups in total. The summed E-state index contributed by atoms with van der Waals surface area (Å²) in [7, 11) is 0. The molecule has 0 spiro atoms. The van der Waals surface area contributed by atoms with Gasteiger partial charge in [0.25, 0.3) is 0 Å². The number of imidazole rings is 1. The molecule has 0 saturated carbocycles. The van der Waals surface area contributed by atoms with E-state index in [-0.39, 0.29) is 16.4 Å². The molecule has 0 fully saturated rings. The van der Waals surface area contributed by atoms with Crippen LogP contribution in [0.4, 0.5) is 0 Å². The minimum atomic E-state index is -0.262. The molecule has 1 aliphatic rings. The summed E-state index contributed by atoms with van der Waals surface area (Å²) in [5, 5.41) is 1.03. The van der Waals surface area contributed by atoms with Crippen LogP contribution in [0.3, 0.4) is 0 Å². The van der Waals surface area contributed by atoms with Gasteiger partial charge < -0.3 is 4.74 Å². The van der Waals surface area contributed by atoms with E-state index in [1.807, 2.05) is 19.2 Å². The van der Waals surface area contributed by atoms with Crippen LogP contribution in [0.15, 0.2) is 24.4 Å². The topological polar surface area (TPSA) is 52.3 Å². The molecule has 3 aromatic heterocycles. The van der Waals surface area contributed by atoms with Gasteiger partial charge >= 0.3 is 0 Å². The number of fused-ring (bicyclic) bond motifs is 6. The third kappa shape index (κ3) is 2.30. The highest BCUT2D eigenvalue weighted by Gasteiger charge is 2.48. The highest BCUT2D eigenvalue weighted by molar-refractivity contribution is 5.98. The fourth-order valence-electron chi connectivity index (χ4n) is 4.42. The van der Waals surface area contributed by atoms with E-state index in [4.69, 9.17) is 14.7 Å². The minimum Gasteiger partial charge on any atom is -0.487 e. The molecule has 4 heterocycles. The normalized spacial score (nSPS) is 17.8. The lowest BCUT2D eigenvalue weighted by Gasteiger charge is -2.33. The van der Waals surface area contributed by atoms with Gasteiger partial charge in [-0.05, 0) is 32.9 Å². The van der Waals surface area contributed by atoms with Gasteiger partial charge in [-0.1, -0.05) is 34.6 Å². The highest BCUT2D eigenvalue weighted by Crippen LogP contribution is 2.50. The number of nitrogens with zero attached hydrogens (tertiary/aromatic N) is 4. The first-order chi connectivity index (χ1) is 13.4. The summed E-state index contributed by atoms with van der Waals surface area (Å²) in [6.45, 7) is 17.3. The molecule has 0 aliphatic carbocycles. The van der Waals surface area contributed by atoms with Crippen molar-refractivity contribution in [3.05, 3.63) is 41.5 Å². The maximum atomic E-state index is 6.36. The SMILES string of the molecule is Cc1nc2c(C(C)(C)C)nccc2c2nc3cc4c(cc3n12)OC(C)(C)C4(C)C. The number of pyridine rings is 1. The lowest BCUT2D eigenvalue weighted by atomic mass is 9.74. The molecule has 4 aromatic rings. The standard InChI is InChI=1S/C24H28N4O/c1-13-26-19-14(9-10-25-20(19)22(2,3)4)21-27-16-11-15-18(12-17(16)28(13)21)29-24(7,8)23(15,5)6/h9-12H,1-8H3. The third-order valence-electron chi connectivity index (χ3n) is 6.77. The molecular formula is C24H28N4O. The van der Waals surface area contributed by atoms with Crippen molar-refractivity contribution < 1.29 is 4.74 Å². The second kappa shape index (κ2) is 5.26. The number of benzene rings is 1. The summed E-state index contributed by atoms with van der Waals surface area (Å²) >= 11 is 0. The van der Waals surface area contributed by atoms with Crippen molar-refractivity contribution in [2.45, 2.75) is 71.8 Å². The van der Waals surface area contributed by atoms with Crippen molar-refractivity contribution in [2.75, 3.05) is 0 Å². The zero-order valence-corrected chi connectivity index (χ0v) is 18.5. The summed E-state index contributed by atoms with van der Waals surface area (Å²) in [6.07, 6.45) is 1.87. The maximum Gasteiger partial charge on any atom is 0.148 e. The summed E-state index contributed by atoms with van der Waals surface area (Å²) in [5.41, 5.74) is 5.65. The maximum absolute atomic E-state index is 6.36. The minimum absolute atomic E-state index is 0.0894. The summed E-state index contributed by atoms with van der Waals surface area (Å²) in [4.78, 5) is 14.7. The molecule has 1 aliphatic heterocycles. The molecule has 0 atom stereocenters. The Morgan fingerprint density at radius 3 is 2.45 bits per heavy atom. The first kappa shape index (κ1) is 18.3. The summed E-state index contributed by atoms with van der Waals surface area (Å²) in [6, 6.07) is 6.35. The van der Waals surface area contributed by atoms with Gasteiger partial charge in [0.15, 0.2) is 0 Å². The number of hydrogen-bond acceptors (Lipinski definition) is 4. The second-order valence-electron chi connectivity index (χ2n) is 10.3. The van der Waals surface area contributed by atoms with Crippen molar-refractivity contribution in [3.63, 3.8) is 0 Å².